The lowest BCUT2D eigenvalue weighted by atomic mass is 10.1. The second kappa shape index (κ2) is 7.10. The molecule has 3 aromatic rings. The highest BCUT2D eigenvalue weighted by molar-refractivity contribution is 5.87. The van der Waals surface area contributed by atoms with E-state index in [1.807, 2.05) is 0 Å². The van der Waals surface area contributed by atoms with Crippen molar-refractivity contribution in [3.8, 4) is 11.5 Å². The molecule has 0 unspecified atom stereocenters. The first-order valence-electron chi connectivity index (χ1n) is 7.63. The number of nitro benzene ring substituents is 1. The van der Waals surface area contributed by atoms with E-state index in [1.165, 1.54) is 32.6 Å². The van der Waals surface area contributed by atoms with Gasteiger partial charge in [0.25, 0.3) is 5.69 Å². The van der Waals surface area contributed by atoms with Crippen LogP contribution in [0.25, 0.3) is 23.1 Å². The van der Waals surface area contributed by atoms with Crippen LogP contribution < -0.4 is 14.9 Å². The molecular formula is C19H15NO6. The molecule has 0 saturated carbocycles. The van der Waals surface area contributed by atoms with Crippen LogP contribution in [0.1, 0.15) is 11.1 Å². The van der Waals surface area contributed by atoms with Gasteiger partial charge in [0.15, 0.2) is 0 Å². The summed E-state index contributed by atoms with van der Waals surface area (Å²) < 4.78 is 16.0. The Bertz CT molecular complexity index is 1050. The lowest BCUT2D eigenvalue weighted by molar-refractivity contribution is -0.384. The SMILES string of the molecule is COc1cc(OC)c2c(=O)c(/C=C\c3ccc([N+](=O)[O-])cc3)coc2c1. The average molecular weight is 353 g/mol. The van der Waals surface area contributed by atoms with Crippen LogP contribution in [-0.4, -0.2) is 19.1 Å². The van der Waals surface area contributed by atoms with Crippen LogP contribution in [0.2, 0.25) is 0 Å². The molecule has 0 aliphatic carbocycles. The summed E-state index contributed by atoms with van der Waals surface area (Å²) in [6.07, 6.45) is 4.62. The van der Waals surface area contributed by atoms with Gasteiger partial charge in [-0.1, -0.05) is 6.08 Å². The van der Waals surface area contributed by atoms with Gasteiger partial charge >= 0.3 is 0 Å². The highest BCUT2D eigenvalue weighted by Gasteiger charge is 2.13. The van der Waals surface area contributed by atoms with Gasteiger partial charge in [-0.25, -0.2) is 0 Å². The predicted molar refractivity (Wildman–Crippen MR) is 97.6 cm³/mol. The number of rotatable bonds is 5. The van der Waals surface area contributed by atoms with Crippen molar-refractivity contribution in [2.24, 2.45) is 0 Å². The number of fused-ring (bicyclic) bond motifs is 1. The van der Waals surface area contributed by atoms with Gasteiger partial charge in [0.1, 0.15) is 28.7 Å². The Morgan fingerprint density at radius 1 is 1.08 bits per heavy atom. The number of nitro groups is 1. The maximum absolute atomic E-state index is 12.8. The molecule has 0 N–H and O–H groups in total. The maximum Gasteiger partial charge on any atom is 0.269 e. The van der Waals surface area contributed by atoms with Gasteiger partial charge in [0.2, 0.25) is 5.43 Å². The molecule has 7 nitrogen and oxygen atoms in total. The molecule has 0 bridgehead atoms. The van der Waals surface area contributed by atoms with Crippen molar-refractivity contribution < 1.29 is 18.8 Å². The third-order valence-corrected chi connectivity index (χ3v) is 3.86. The van der Waals surface area contributed by atoms with E-state index in [4.69, 9.17) is 13.9 Å². The van der Waals surface area contributed by atoms with E-state index in [-0.39, 0.29) is 11.1 Å². The number of nitrogens with zero attached hydrogens (tertiary/aromatic N) is 1. The Kier molecular flexibility index (Phi) is 4.70. The molecule has 132 valence electrons. The predicted octanol–water partition coefficient (Wildman–Crippen LogP) is 3.89. The largest absolute Gasteiger partial charge is 0.496 e. The standard InChI is InChI=1S/C19H15NO6/c1-24-15-9-16(25-2)18-17(10-15)26-11-13(19(18)21)6-3-12-4-7-14(8-5-12)20(22)23/h3-11H,1-2H3/b6-3-. The van der Waals surface area contributed by atoms with Gasteiger partial charge in [-0.2, -0.15) is 0 Å². The highest BCUT2D eigenvalue weighted by Crippen LogP contribution is 2.29. The van der Waals surface area contributed by atoms with Crippen molar-refractivity contribution in [3.63, 3.8) is 0 Å². The molecule has 0 atom stereocenters. The van der Waals surface area contributed by atoms with E-state index < -0.39 is 4.92 Å². The molecule has 1 aromatic heterocycles. The summed E-state index contributed by atoms with van der Waals surface area (Å²) in [5.41, 5.74) is 1.17. The summed E-state index contributed by atoms with van der Waals surface area (Å²) >= 11 is 0. The minimum absolute atomic E-state index is 0.00560. The first kappa shape index (κ1) is 17.2. The molecule has 3 rings (SSSR count). The van der Waals surface area contributed by atoms with Crippen LogP contribution in [0.3, 0.4) is 0 Å². The molecule has 0 spiro atoms. The van der Waals surface area contributed by atoms with Crippen molar-refractivity contribution in [2.75, 3.05) is 14.2 Å². The Labute approximate surface area is 148 Å². The number of methoxy groups -OCH3 is 2. The van der Waals surface area contributed by atoms with Crippen LogP contribution in [-0.2, 0) is 0 Å². The van der Waals surface area contributed by atoms with Crippen LogP contribution in [0.4, 0.5) is 5.69 Å². The van der Waals surface area contributed by atoms with Crippen molar-refractivity contribution in [3.05, 3.63) is 74.1 Å². The molecule has 0 fully saturated rings. The van der Waals surface area contributed by atoms with Crippen LogP contribution in [0, 0.1) is 10.1 Å². The molecule has 0 saturated heterocycles. The van der Waals surface area contributed by atoms with Gasteiger partial charge < -0.3 is 13.9 Å². The van der Waals surface area contributed by atoms with Crippen molar-refractivity contribution in [1.82, 2.24) is 0 Å². The fraction of sp³-hybridized carbons (Fsp3) is 0.105. The smallest absolute Gasteiger partial charge is 0.269 e. The van der Waals surface area contributed by atoms with Crippen LogP contribution >= 0.6 is 0 Å². The molecular weight excluding hydrogens is 338 g/mol. The van der Waals surface area contributed by atoms with Gasteiger partial charge in [-0.05, 0) is 23.8 Å². The second-order valence-electron chi connectivity index (χ2n) is 5.40. The topological polar surface area (TPSA) is 91.8 Å². The third-order valence-electron chi connectivity index (χ3n) is 3.86. The van der Waals surface area contributed by atoms with Crippen molar-refractivity contribution in [1.29, 1.82) is 0 Å². The van der Waals surface area contributed by atoms with Crippen molar-refractivity contribution in [2.45, 2.75) is 0 Å². The van der Waals surface area contributed by atoms with E-state index in [0.717, 1.165) is 5.56 Å². The Morgan fingerprint density at radius 2 is 1.81 bits per heavy atom. The van der Waals surface area contributed by atoms with E-state index >= 15 is 0 Å². The number of hydrogen-bond donors (Lipinski definition) is 0. The zero-order valence-corrected chi connectivity index (χ0v) is 14.1. The molecule has 7 heteroatoms. The van der Waals surface area contributed by atoms with E-state index in [1.54, 1.807) is 36.4 Å². The summed E-state index contributed by atoms with van der Waals surface area (Å²) in [5.74, 6) is 0.880. The van der Waals surface area contributed by atoms with Crippen LogP contribution in [0.5, 0.6) is 11.5 Å². The molecule has 0 radical (unpaired) electrons. The first-order valence-corrected chi connectivity index (χ1v) is 7.63. The number of ether oxygens (including phenoxy) is 2. The Morgan fingerprint density at radius 3 is 2.42 bits per heavy atom. The van der Waals surface area contributed by atoms with Crippen molar-refractivity contribution >= 4 is 28.8 Å². The zero-order chi connectivity index (χ0) is 18.7. The van der Waals surface area contributed by atoms with Gasteiger partial charge in [-0.3, -0.25) is 14.9 Å². The lowest BCUT2D eigenvalue weighted by Gasteiger charge is -2.07. The Hall–Kier alpha value is -3.61. The van der Waals surface area contributed by atoms with Gasteiger partial charge in [0, 0.05) is 24.3 Å². The third kappa shape index (κ3) is 3.27. The minimum atomic E-state index is -0.466. The summed E-state index contributed by atoms with van der Waals surface area (Å²) in [6, 6.07) is 9.23. The van der Waals surface area contributed by atoms with E-state index in [2.05, 4.69) is 0 Å². The quantitative estimate of drug-likeness (QED) is 0.510. The average Bonchev–Trinajstić information content (AvgIpc) is 2.66. The second-order valence-corrected chi connectivity index (χ2v) is 5.40. The molecule has 0 aliphatic heterocycles. The fourth-order valence-corrected chi connectivity index (χ4v) is 2.49. The monoisotopic (exact) mass is 353 g/mol. The van der Waals surface area contributed by atoms with E-state index in [9.17, 15) is 14.9 Å². The van der Waals surface area contributed by atoms with Gasteiger partial charge in [-0.15, -0.1) is 0 Å². The first-order chi connectivity index (χ1) is 12.5. The van der Waals surface area contributed by atoms with Gasteiger partial charge in [0.05, 0.1) is 24.7 Å². The molecule has 0 amide bonds. The maximum atomic E-state index is 12.8. The Balaban J connectivity index is 2.01. The molecule has 2 aromatic carbocycles. The van der Waals surface area contributed by atoms with Crippen LogP contribution in [0.15, 0.2) is 51.9 Å². The summed E-state index contributed by atoms with van der Waals surface area (Å²) in [5, 5.41) is 11.0. The summed E-state index contributed by atoms with van der Waals surface area (Å²) in [4.78, 5) is 23.0. The molecule has 26 heavy (non-hydrogen) atoms. The molecule has 0 aliphatic rings. The highest BCUT2D eigenvalue weighted by atomic mass is 16.6. The number of benzene rings is 2. The lowest BCUT2D eigenvalue weighted by Crippen LogP contribution is -2.06. The number of non-ortho nitro benzene ring substituents is 1. The summed E-state index contributed by atoms with van der Waals surface area (Å²) in [6.45, 7) is 0. The fourth-order valence-electron chi connectivity index (χ4n) is 2.49. The normalized spacial score (nSPS) is 11.0. The van der Waals surface area contributed by atoms with E-state index in [0.29, 0.717) is 28.0 Å². The molecule has 1 heterocycles. The minimum Gasteiger partial charge on any atom is -0.496 e. The zero-order valence-electron chi connectivity index (χ0n) is 14.1. The number of hydrogen-bond acceptors (Lipinski definition) is 6. The summed E-state index contributed by atoms with van der Waals surface area (Å²) in [7, 11) is 2.98.